The van der Waals surface area contributed by atoms with Crippen LogP contribution in [0.4, 0.5) is 0 Å². The van der Waals surface area contributed by atoms with Crippen LogP contribution in [0.15, 0.2) is 29.2 Å². The third kappa shape index (κ3) is 3.49. The molecule has 0 aliphatic carbocycles. The maximum atomic E-state index is 11.8. The van der Waals surface area contributed by atoms with Crippen molar-refractivity contribution in [3.05, 3.63) is 45.3 Å². The summed E-state index contributed by atoms with van der Waals surface area (Å²) in [7, 11) is 0. The van der Waals surface area contributed by atoms with E-state index in [0.29, 0.717) is 10.6 Å². The van der Waals surface area contributed by atoms with Gasteiger partial charge in [-0.25, -0.2) is 0 Å². The highest BCUT2D eigenvalue weighted by Crippen LogP contribution is 2.08. The number of carbonyl (C=O) groups excluding carboxylic acids is 1. The lowest BCUT2D eigenvalue weighted by Crippen LogP contribution is -2.36. The second-order valence-corrected chi connectivity index (χ2v) is 5.00. The van der Waals surface area contributed by atoms with Crippen LogP contribution >= 0.6 is 11.5 Å². The molecule has 20 heavy (non-hydrogen) atoms. The van der Waals surface area contributed by atoms with E-state index in [2.05, 4.69) is 14.9 Å². The van der Waals surface area contributed by atoms with Crippen molar-refractivity contribution in [3.63, 3.8) is 0 Å². The van der Waals surface area contributed by atoms with Crippen molar-refractivity contribution in [2.75, 3.05) is 6.54 Å². The lowest BCUT2D eigenvalue weighted by atomic mass is 10.3. The van der Waals surface area contributed by atoms with Crippen molar-refractivity contribution in [2.45, 2.75) is 19.6 Å². The first-order valence-electron chi connectivity index (χ1n) is 5.98. The molecular weight excluding hydrogens is 280 g/mol. The number of nitrogens with zero attached hydrogens (tertiary/aromatic N) is 3. The van der Waals surface area contributed by atoms with Gasteiger partial charge in [-0.15, -0.1) is 5.10 Å². The standard InChI is InChI=1S/C12H14N4O3S/c1-8-11(20-15-14-8)12(19)13-6-9(17)7-16-5-3-2-4-10(16)18/h2-5,9,17H,6-7H2,1H3,(H,13,19)/t9-/m0/s1. The predicted octanol–water partition coefficient (Wildman–Crippen LogP) is -0.201. The van der Waals surface area contributed by atoms with E-state index in [1.54, 1.807) is 25.3 Å². The zero-order chi connectivity index (χ0) is 14.5. The number of amides is 1. The molecule has 0 aliphatic heterocycles. The Hall–Kier alpha value is -2.06. The van der Waals surface area contributed by atoms with Gasteiger partial charge < -0.3 is 15.0 Å². The number of aliphatic hydroxyl groups is 1. The van der Waals surface area contributed by atoms with Gasteiger partial charge in [0.05, 0.1) is 18.3 Å². The van der Waals surface area contributed by atoms with Crippen LogP contribution in [0.5, 0.6) is 0 Å². The minimum atomic E-state index is -0.847. The third-order valence-corrected chi connectivity index (χ3v) is 3.49. The number of aromatic nitrogens is 3. The molecule has 2 rings (SSSR count). The third-order valence-electron chi connectivity index (χ3n) is 2.66. The Morgan fingerprint density at radius 1 is 1.55 bits per heavy atom. The largest absolute Gasteiger partial charge is 0.389 e. The molecule has 2 aromatic rings. The van der Waals surface area contributed by atoms with Crippen molar-refractivity contribution in [1.82, 2.24) is 19.5 Å². The fourth-order valence-corrected chi connectivity index (χ4v) is 2.21. The SMILES string of the molecule is Cc1nnsc1C(=O)NC[C@H](O)Cn1ccccc1=O. The molecule has 0 fully saturated rings. The molecule has 2 aromatic heterocycles. The predicted molar refractivity (Wildman–Crippen MR) is 73.7 cm³/mol. The number of aliphatic hydroxyl groups excluding tert-OH is 1. The van der Waals surface area contributed by atoms with Gasteiger partial charge in [0.2, 0.25) is 0 Å². The highest BCUT2D eigenvalue weighted by atomic mass is 32.1. The molecule has 0 bridgehead atoms. The van der Waals surface area contributed by atoms with Crippen molar-refractivity contribution < 1.29 is 9.90 Å². The maximum Gasteiger partial charge on any atom is 0.265 e. The van der Waals surface area contributed by atoms with E-state index in [1.165, 1.54) is 10.6 Å². The van der Waals surface area contributed by atoms with Gasteiger partial charge in [0.15, 0.2) is 0 Å². The summed E-state index contributed by atoms with van der Waals surface area (Å²) in [6.07, 6.45) is 0.741. The van der Waals surface area contributed by atoms with Crippen LogP contribution in [0.3, 0.4) is 0 Å². The molecule has 0 saturated carbocycles. The van der Waals surface area contributed by atoms with Gasteiger partial charge in [-0.2, -0.15) is 0 Å². The normalized spacial score (nSPS) is 12.1. The number of aryl methyl sites for hydroxylation is 1. The summed E-state index contributed by atoms with van der Waals surface area (Å²) in [5.41, 5.74) is 0.363. The summed E-state index contributed by atoms with van der Waals surface area (Å²) in [5, 5.41) is 16.2. The van der Waals surface area contributed by atoms with Crippen LogP contribution in [0.2, 0.25) is 0 Å². The molecule has 106 valence electrons. The summed E-state index contributed by atoms with van der Waals surface area (Å²) < 4.78 is 5.06. The van der Waals surface area contributed by atoms with E-state index in [1.807, 2.05) is 0 Å². The number of rotatable bonds is 5. The average Bonchev–Trinajstić information content (AvgIpc) is 2.85. The Morgan fingerprint density at radius 3 is 3.00 bits per heavy atom. The van der Waals surface area contributed by atoms with E-state index in [-0.39, 0.29) is 24.6 Å². The number of pyridine rings is 1. The summed E-state index contributed by atoms with van der Waals surface area (Å²) in [4.78, 5) is 23.7. The molecule has 2 heterocycles. The number of hydrogen-bond donors (Lipinski definition) is 2. The van der Waals surface area contributed by atoms with Crippen LogP contribution in [0.1, 0.15) is 15.4 Å². The van der Waals surface area contributed by atoms with Gasteiger partial charge in [0.1, 0.15) is 4.88 Å². The Balaban J connectivity index is 1.88. The van der Waals surface area contributed by atoms with Crippen molar-refractivity contribution in [2.24, 2.45) is 0 Å². The van der Waals surface area contributed by atoms with Gasteiger partial charge in [0, 0.05) is 18.8 Å². The fourth-order valence-electron chi connectivity index (χ4n) is 1.63. The van der Waals surface area contributed by atoms with E-state index in [0.717, 1.165) is 11.5 Å². The second kappa shape index (κ2) is 6.40. The quantitative estimate of drug-likeness (QED) is 0.796. The lowest BCUT2D eigenvalue weighted by Gasteiger charge is -2.13. The molecular formula is C12H14N4O3S. The zero-order valence-corrected chi connectivity index (χ0v) is 11.6. The summed E-state index contributed by atoms with van der Waals surface area (Å²) in [6.45, 7) is 1.87. The molecule has 0 aliphatic rings. The van der Waals surface area contributed by atoms with Crippen LogP contribution < -0.4 is 10.9 Å². The smallest absolute Gasteiger partial charge is 0.265 e. The van der Waals surface area contributed by atoms with Crippen LogP contribution in [0.25, 0.3) is 0 Å². The van der Waals surface area contributed by atoms with Crippen molar-refractivity contribution in [3.8, 4) is 0 Å². The summed E-state index contributed by atoms with van der Waals surface area (Å²) in [6, 6.07) is 4.75. The van der Waals surface area contributed by atoms with Crippen LogP contribution in [-0.2, 0) is 6.54 Å². The minimum absolute atomic E-state index is 0.0531. The first-order chi connectivity index (χ1) is 9.58. The number of carbonyl (C=O) groups is 1. The van der Waals surface area contributed by atoms with E-state index >= 15 is 0 Å². The fraction of sp³-hybridized carbons (Fsp3) is 0.333. The Morgan fingerprint density at radius 2 is 2.35 bits per heavy atom. The second-order valence-electron chi connectivity index (χ2n) is 4.24. The molecule has 8 heteroatoms. The minimum Gasteiger partial charge on any atom is -0.389 e. The molecule has 7 nitrogen and oxygen atoms in total. The van der Waals surface area contributed by atoms with Crippen LogP contribution in [-0.4, -0.2) is 37.8 Å². The van der Waals surface area contributed by atoms with Gasteiger partial charge in [-0.3, -0.25) is 9.59 Å². The number of hydrogen-bond acceptors (Lipinski definition) is 6. The zero-order valence-electron chi connectivity index (χ0n) is 10.8. The topological polar surface area (TPSA) is 97.1 Å². The molecule has 1 atom stereocenters. The van der Waals surface area contributed by atoms with E-state index < -0.39 is 6.10 Å². The van der Waals surface area contributed by atoms with Gasteiger partial charge in [-0.05, 0) is 24.5 Å². The van der Waals surface area contributed by atoms with E-state index in [4.69, 9.17) is 0 Å². The summed E-state index contributed by atoms with van der Waals surface area (Å²) in [5.74, 6) is -0.322. The van der Waals surface area contributed by atoms with Gasteiger partial charge >= 0.3 is 0 Å². The molecule has 0 unspecified atom stereocenters. The lowest BCUT2D eigenvalue weighted by molar-refractivity contribution is 0.0906. The molecule has 0 saturated heterocycles. The maximum absolute atomic E-state index is 11.8. The molecule has 1 amide bonds. The summed E-state index contributed by atoms with van der Waals surface area (Å²) >= 11 is 1.01. The van der Waals surface area contributed by atoms with E-state index in [9.17, 15) is 14.7 Å². The monoisotopic (exact) mass is 294 g/mol. The average molecular weight is 294 g/mol. The molecule has 0 aromatic carbocycles. The highest BCUT2D eigenvalue weighted by molar-refractivity contribution is 7.07. The van der Waals surface area contributed by atoms with Crippen LogP contribution in [0, 0.1) is 6.92 Å². The Bertz CT molecular complexity index is 652. The Labute approximate surface area is 119 Å². The molecule has 0 radical (unpaired) electrons. The van der Waals surface area contributed by atoms with Gasteiger partial charge in [0.25, 0.3) is 11.5 Å². The first kappa shape index (κ1) is 14.4. The van der Waals surface area contributed by atoms with Crippen molar-refractivity contribution in [1.29, 1.82) is 0 Å². The first-order valence-corrected chi connectivity index (χ1v) is 6.76. The molecule has 0 spiro atoms. The highest BCUT2D eigenvalue weighted by Gasteiger charge is 2.14. The number of nitrogens with one attached hydrogen (secondary N) is 1. The van der Waals surface area contributed by atoms with Crippen molar-refractivity contribution >= 4 is 17.4 Å². The molecule has 2 N–H and O–H groups in total. The van der Waals surface area contributed by atoms with Gasteiger partial charge in [-0.1, -0.05) is 10.6 Å². The Kier molecular flexibility index (Phi) is 4.59.